The summed E-state index contributed by atoms with van der Waals surface area (Å²) in [4.78, 5) is 6.62. The van der Waals surface area contributed by atoms with Gasteiger partial charge in [-0.15, -0.1) is 0 Å². The van der Waals surface area contributed by atoms with Crippen LogP contribution >= 0.6 is 0 Å². The van der Waals surface area contributed by atoms with Crippen LogP contribution in [0.15, 0.2) is 0 Å². The topological polar surface area (TPSA) is 0 Å². The van der Waals surface area contributed by atoms with Crippen LogP contribution in [0, 0.1) is 0 Å². The molecule has 0 heterocycles. The van der Waals surface area contributed by atoms with E-state index in [0.29, 0.717) is 0 Å². The van der Waals surface area contributed by atoms with Gasteiger partial charge in [-0.25, -0.2) is 0 Å². The molecule has 0 radical (unpaired) electrons. The number of hydrogen-bond donors (Lipinski definition) is 0. The van der Waals surface area contributed by atoms with Crippen molar-refractivity contribution in [1.29, 1.82) is 0 Å². The van der Waals surface area contributed by atoms with Crippen molar-refractivity contribution in [2.45, 2.75) is 72.6 Å². The van der Waals surface area contributed by atoms with Crippen LogP contribution in [0.2, 0.25) is 19.2 Å². The van der Waals surface area contributed by atoms with Gasteiger partial charge in [0.05, 0.1) is 0 Å². The van der Waals surface area contributed by atoms with E-state index in [-0.39, 0.29) is 0 Å². The van der Waals surface area contributed by atoms with Crippen molar-refractivity contribution in [2.75, 3.05) is 0 Å². The maximum absolute atomic E-state index is 2.38. The van der Waals surface area contributed by atoms with Crippen molar-refractivity contribution in [3.63, 3.8) is 0 Å². The Bertz CT molecular complexity index is 80.2. The van der Waals surface area contributed by atoms with Gasteiger partial charge in [0.15, 0.2) is 0 Å². The first-order chi connectivity index (χ1) is 6.24. The van der Waals surface area contributed by atoms with Crippen molar-refractivity contribution in [2.24, 2.45) is 0 Å². The molecule has 0 aromatic heterocycles. The Labute approximate surface area is 88.7 Å². The van der Waals surface area contributed by atoms with Crippen LogP contribution in [0.3, 0.4) is 0 Å². The predicted molar refractivity (Wildman–Crippen MR) is 60.4 cm³/mol. The van der Waals surface area contributed by atoms with Gasteiger partial charge in [0, 0.05) is 0 Å². The van der Waals surface area contributed by atoms with E-state index in [9.17, 15) is 0 Å². The summed E-state index contributed by atoms with van der Waals surface area (Å²) < 4.78 is 0. The first-order valence-corrected chi connectivity index (χ1v) is 14.3. The molecule has 0 bridgehead atoms. The van der Waals surface area contributed by atoms with E-state index < -0.39 is 16.1 Å². The van der Waals surface area contributed by atoms with E-state index in [4.69, 9.17) is 0 Å². The Morgan fingerprint density at radius 3 is 0.923 bits per heavy atom. The van der Waals surface area contributed by atoms with Gasteiger partial charge in [-0.3, -0.25) is 0 Å². The molecule has 0 unspecified atom stereocenters. The zero-order valence-corrected chi connectivity index (χ0v) is 13.0. The SMILES string of the molecule is CC[CH2][W]([CH2]CC)([CH2]CC)[CH2]CC. The molecule has 0 saturated carbocycles. The molecule has 0 atom stereocenters. The summed E-state index contributed by atoms with van der Waals surface area (Å²) >= 11 is -1.54. The van der Waals surface area contributed by atoms with Crippen LogP contribution < -0.4 is 0 Å². The molecule has 0 aliphatic carbocycles. The fourth-order valence-electron chi connectivity index (χ4n) is 2.34. The van der Waals surface area contributed by atoms with Gasteiger partial charge in [0.2, 0.25) is 0 Å². The molecule has 0 saturated heterocycles. The maximum atomic E-state index is 2.38. The second-order valence-electron chi connectivity index (χ2n) is 4.04. The number of rotatable bonds is 8. The molecule has 0 aliphatic heterocycles. The first-order valence-electron chi connectivity index (χ1n) is 5.98. The Kier molecular flexibility index (Phi) is 8.46. The van der Waals surface area contributed by atoms with Crippen molar-refractivity contribution >= 4 is 0 Å². The first kappa shape index (κ1) is 13.7. The van der Waals surface area contributed by atoms with E-state index in [1.165, 1.54) is 25.7 Å². The van der Waals surface area contributed by atoms with Crippen LogP contribution in [0.4, 0.5) is 0 Å². The number of hydrogen-bond acceptors (Lipinski definition) is 0. The van der Waals surface area contributed by atoms with Crippen molar-refractivity contribution < 1.29 is 16.1 Å². The third kappa shape index (κ3) is 5.20. The molecule has 0 nitrogen and oxygen atoms in total. The van der Waals surface area contributed by atoms with Gasteiger partial charge in [0.25, 0.3) is 0 Å². The normalized spacial score (nSPS) is 13.2. The Hall–Kier alpha value is 0.688. The van der Waals surface area contributed by atoms with Crippen LogP contribution in [0.5, 0.6) is 0 Å². The third-order valence-electron chi connectivity index (χ3n) is 2.55. The summed E-state index contributed by atoms with van der Waals surface area (Å²) in [6.45, 7) is 9.52. The third-order valence-corrected chi connectivity index (χ3v) is 20.9. The summed E-state index contributed by atoms with van der Waals surface area (Å²) in [5, 5.41) is 0. The van der Waals surface area contributed by atoms with Gasteiger partial charge in [-0.1, -0.05) is 0 Å². The van der Waals surface area contributed by atoms with Gasteiger partial charge in [-0.05, 0) is 0 Å². The van der Waals surface area contributed by atoms with E-state index in [1.807, 2.05) is 0 Å². The second-order valence-corrected chi connectivity index (χ2v) is 18.7. The van der Waals surface area contributed by atoms with Crippen molar-refractivity contribution in [3.8, 4) is 0 Å². The van der Waals surface area contributed by atoms with Gasteiger partial charge in [-0.2, -0.15) is 0 Å². The summed E-state index contributed by atoms with van der Waals surface area (Å²) in [5.74, 6) is 0. The van der Waals surface area contributed by atoms with Crippen molar-refractivity contribution in [1.82, 2.24) is 0 Å². The molecule has 0 N–H and O–H groups in total. The Morgan fingerprint density at radius 2 is 0.769 bits per heavy atom. The van der Waals surface area contributed by atoms with Crippen LogP contribution in [0.1, 0.15) is 53.4 Å². The molecular weight excluding hydrogens is 328 g/mol. The molecule has 0 spiro atoms. The molecule has 0 fully saturated rings. The molecular formula is C12H28W. The predicted octanol–water partition coefficient (Wildman–Crippen LogP) is 5.45. The summed E-state index contributed by atoms with van der Waals surface area (Å²) in [5.41, 5.74) is 0. The fraction of sp³-hybridized carbons (Fsp3) is 1.00. The van der Waals surface area contributed by atoms with Crippen LogP contribution in [-0.2, 0) is 16.1 Å². The molecule has 1 heteroatoms. The monoisotopic (exact) mass is 356 g/mol. The zero-order chi connectivity index (χ0) is 10.2. The minimum absolute atomic E-state index is 1.45. The zero-order valence-electron chi connectivity index (χ0n) is 10.1. The Morgan fingerprint density at radius 1 is 0.538 bits per heavy atom. The Balaban J connectivity index is 4.19. The molecule has 0 aromatic carbocycles. The summed E-state index contributed by atoms with van der Waals surface area (Å²) in [6, 6.07) is 0. The molecule has 82 valence electrons. The summed E-state index contributed by atoms with van der Waals surface area (Å²) in [6.07, 6.45) is 5.81. The van der Waals surface area contributed by atoms with Crippen molar-refractivity contribution in [3.05, 3.63) is 0 Å². The van der Waals surface area contributed by atoms with Gasteiger partial charge in [0.1, 0.15) is 0 Å². The molecule has 13 heavy (non-hydrogen) atoms. The van der Waals surface area contributed by atoms with E-state index in [1.54, 1.807) is 19.2 Å². The second kappa shape index (κ2) is 8.03. The standard InChI is InChI=1S/4C3H7.W/c4*1-3-2;/h4*1,3H2,2H3;. The average Bonchev–Trinajstić information content (AvgIpc) is 2.06. The van der Waals surface area contributed by atoms with Crippen LogP contribution in [0.25, 0.3) is 0 Å². The molecule has 0 amide bonds. The van der Waals surface area contributed by atoms with Gasteiger partial charge >= 0.3 is 88.7 Å². The fourth-order valence-corrected chi connectivity index (χ4v) is 19.2. The van der Waals surface area contributed by atoms with Crippen LogP contribution in [-0.4, -0.2) is 0 Å². The van der Waals surface area contributed by atoms with E-state index >= 15 is 0 Å². The molecule has 0 aromatic rings. The average molecular weight is 356 g/mol. The van der Waals surface area contributed by atoms with Gasteiger partial charge < -0.3 is 0 Å². The molecule has 0 rings (SSSR count). The quantitative estimate of drug-likeness (QED) is 0.542. The van der Waals surface area contributed by atoms with E-state index in [0.717, 1.165) is 0 Å². The van der Waals surface area contributed by atoms with E-state index in [2.05, 4.69) is 27.7 Å². The summed E-state index contributed by atoms with van der Waals surface area (Å²) in [7, 11) is 0. The minimum atomic E-state index is -1.54. The molecule has 0 aliphatic rings.